The minimum Gasteiger partial charge on any atom is -0.465 e. The number of amides is 1. The minimum absolute atomic E-state index is 0.0137. The first-order valence-electron chi connectivity index (χ1n) is 5.62. The fourth-order valence-corrected chi connectivity index (χ4v) is 2.88. The zero-order valence-corrected chi connectivity index (χ0v) is 8.90. The van der Waals surface area contributed by atoms with Crippen LogP contribution < -0.4 is 5.32 Å². The van der Waals surface area contributed by atoms with E-state index in [0.29, 0.717) is 0 Å². The Labute approximate surface area is 92.6 Å². The summed E-state index contributed by atoms with van der Waals surface area (Å²) >= 11 is 0. The summed E-state index contributed by atoms with van der Waals surface area (Å²) in [6, 6.07) is 0.139. The highest BCUT2D eigenvalue weighted by molar-refractivity contribution is 5.67. The van der Waals surface area contributed by atoms with Crippen molar-refractivity contribution >= 4 is 6.09 Å². The summed E-state index contributed by atoms with van der Waals surface area (Å²) in [5.41, 5.74) is 0. The van der Waals surface area contributed by atoms with Crippen LogP contribution in [-0.4, -0.2) is 47.2 Å². The molecule has 1 amide bonds. The molecule has 2 N–H and O–H groups in total. The Morgan fingerprint density at radius 3 is 2.81 bits per heavy atom. The Morgan fingerprint density at radius 2 is 2.25 bits per heavy atom. The third-order valence-corrected chi connectivity index (χ3v) is 3.53. The third-order valence-electron chi connectivity index (χ3n) is 3.53. The first-order chi connectivity index (χ1) is 7.59. The molecule has 0 aromatic rings. The summed E-state index contributed by atoms with van der Waals surface area (Å²) in [5.74, 6) is 0. The Hall–Kier alpha value is -0.910. The molecule has 2 heterocycles. The van der Waals surface area contributed by atoms with Crippen LogP contribution in [0.15, 0.2) is 0 Å². The van der Waals surface area contributed by atoms with Crippen molar-refractivity contribution in [2.45, 2.75) is 50.2 Å². The van der Waals surface area contributed by atoms with Crippen molar-refractivity contribution in [3.05, 3.63) is 0 Å². The predicted molar refractivity (Wildman–Crippen MR) is 53.7 cm³/mol. The van der Waals surface area contributed by atoms with Crippen molar-refractivity contribution in [3.63, 3.8) is 0 Å². The van der Waals surface area contributed by atoms with Gasteiger partial charge in [0, 0.05) is 25.0 Å². The fourth-order valence-electron chi connectivity index (χ4n) is 2.88. The lowest BCUT2D eigenvalue weighted by Gasteiger charge is -2.23. The second kappa shape index (κ2) is 4.53. The molecule has 2 fully saturated rings. The van der Waals surface area contributed by atoms with E-state index in [1.54, 1.807) is 0 Å². The second-order valence-corrected chi connectivity index (χ2v) is 4.46. The number of hydrogen-bond acceptors (Lipinski definition) is 2. The number of halogens is 2. The average molecular weight is 234 g/mol. The van der Waals surface area contributed by atoms with Crippen LogP contribution in [0.5, 0.6) is 0 Å². The van der Waals surface area contributed by atoms with Crippen LogP contribution in [0, 0.1) is 0 Å². The number of fused-ring (bicyclic) bond motifs is 2. The molecule has 2 rings (SSSR count). The van der Waals surface area contributed by atoms with Gasteiger partial charge in [-0.1, -0.05) is 0 Å². The number of carboxylic acid groups (broad SMARTS) is 1. The molecule has 2 aliphatic heterocycles. The molecule has 2 saturated heterocycles. The van der Waals surface area contributed by atoms with E-state index >= 15 is 0 Å². The maximum absolute atomic E-state index is 12.0. The second-order valence-electron chi connectivity index (χ2n) is 4.46. The summed E-state index contributed by atoms with van der Waals surface area (Å²) in [6.07, 6.45) is -0.818. The molecule has 0 saturated carbocycles. The first-order valence-corrected chi connectivity index (χ1v) is 5.62. The van der Waals surface area contributed by atoms with Gasteiger partial charge in [0.25, 0.3) is 0 Å². The zero-order chi connectivity index (χ0) is 11.7. The maximum atomic E-state index is 12.0. The largest absolute Gasteiger partial charge is 0.465 e. The number of alkyl halides is 2. The Balaban J connectivity index is 1.83. The molecule has 2 aliphatic rings. The van der Waals surface area contributed by atoms with Crippen molar-refractivity contribution in [1.82, 2.24) is 10.2 Å². The molecule has 0 aliphatic carbocycles. The van der Waals surface area contributed by atoms with E-state index in [2.05, 4.69) is 5.32 Å². The first kappa shape index (κ1) is 11.6. The number of hydrogen-bond donors (Lipinski definition) is 2. The highest BCUT2D eigenvalue weighted by Gasteiger charge is 2.48. The van der Waals surface area contributed by atoms with Gasteiger partial charge in [0.1, 0.15) is 0 Å². The van der Waals surface area contributed by atoms with Crippen molar-refractivity contribution < 1.29 is 18.7 Å². The topological polar surface area (TPSA) is 52.6 Å². The van der Waals surface area contributed by atoms with Crippen molar-refractivity contribution in [3.8, 4) is 0 Å². The number of rotatable bonds is 4. The summed E-state index contributed by atoms with van der Waals surface area (Å²) in [7, 11) is 0. The summed E-state index contributed by atoms with van der Waals surface area (Å²) in [6.45, 7) is 0.263. The van der Waals surface area contributed by atoms with Crippen LogP contribution >= 0.6 is 0 Å². The molecule has 4 nitrogen and oxygen atoms in total. The van der Waals surface area contributed by atoms with E-state index in [4.69, 9.17) is 5.11 Å². The van der Waals surface area contributed by atoms with E-state index in [1.165, 1.54) is 4.90 Å². The lowest BCUT2D eigenvalue weighted by molar-refractivity contribution is 0.130. The van der Waals surface area contributed by atoms with Gasteiger partial charge in [-0.2, -0.15) is 0 Å². The molecule has 3 atom stereocenters. The van der Waals surface area contributed by atoms with Gasteiger partial charge in [0.05, 0.1) is 6.04 Å². The van der Waals surface area contributed by atoms with Crippen molar-refractivity contribution in [1.29, 1.82) is 0 Å². The van der Waals surface area contributed by atoms with E-state index < -0.39 is 12.5 Å². The van der Waals surface area contributed by atoms with Crippen molar-refractivity contribution in [2.75, 3.05) is 6.54 Å². The molecular formula is C10H16F2N2O2. The number of carbonyl (C=O) groups is 1. The van der Waals surface area contributed by atoms with E-state index in [9.17, 15) is 13.6 Å². The van der Waals surface area contributed by atoms with Gasteiger partial charge in [-0.25, -0.2) is 13.6 Å². The monoisotopic (exact) mass is 234 g/mol. The van der Waals surface area contributed by atoms with Crippen LogP contribution in [0.1, 0.15) is 25.7 Å². The van der Waals surface area contributed by atoms with Crippen LogP contribution in [0.3, 0.4) is 0 Å². The lowest BCUT2D eigenvalue weighted by Crippen LogP contribution is -2.43. The van der Waals surface area contributed by atoms with E-state index in [0.717, 1.165) is 19.3 Å². The Bertz CT molecular complexity index is 276. The van der Waals surface area contributed by atoms with Gasteiger partial charge >= 0.3 is 6.09 Å². The highest BCUT2D eigenvalue weighted by atomic mass is 19.3. The summed E-state index contributed by atoms with van der Waals surface area (Å²) in [5, 5.41) is 12.0. The smallest absolute Gasteiger partial charge is 0.407 e. The molecule has 0 aromatic carbocycles. The van der Waals surface area contributed by atoms with Gasteiger partial charge in [0.15, 0.2) is 0 Å². The molecule has 0 radical (unpaired) electrons. The standard InChI is InChI=1S/C10H16F2N2O2/c11-9(12)3-4-13-7-5-6-1-2-8(7)14(6)10(15)16/h6-9,13H,1-5H2,(H,15,16)/t6-,7?,8+/m1/s1. The summed E-state index contributed by atoms with van der Waals surface area (Å²) < 4.78 is 23.9. The van der Waals surface area contributed by atoms with Crippen LogP contribution in [0.4, 0.5) is 13.6 Å². The van der Waals surface area contributed by atoms with Gasteiger partial charge < -0.3 is 15.3 Å². The number of nitrogens with one attached hydrogen (secondary N) is 1. The Morgan fingerprint density at radius 1 is 1.50 bits per heavy atom. The third kappa shape index (κ3) is 2.11. The molecule has 92 valence electrons. The van der Waals surface area contributed by atoms with Gasteiger partial charge in [-0.3, -0.25) is 0 Å². The minimum atomic E-state index is -2.29. The molecule has 1 unspecified atom stereocenters. The van der Waals surface area contributed by atoms with Gasteiger partial charge in [0.2, 0.25) is 6.43 Å². The van der Waals surface area contributed by atoms with Crippen LogP contribution in [-0.2, 0) is 0 Å². The van der Waals surface area contributed by atoms with Gasteiger partial charge in [-0.15, -0.1) is 0 Å². The van der Waals surface area contributed by atoms with Crippen molar-refractivity contribution in [2.24, 2.45) is 0 Å². The SMILES string of the molecule is O=C(O)N1[C@@H]2CC[C@H]1C(NCCC(F)F)C2. The Kier molecular flexibility index (Phi) is 3.28. The fraction of sp³-hybridized carbons (Fsp3) is 0.900. The van der Waals surface area contributed by atoms with Crippen LogP contribution in [0.25, 0.3) is 0 Å². The maximum Gasteiger partial charge on any atom is 0.407 e. The number of nitrogens with zero attached hydrogens (tertiary/aromatic N) is 1. The lowest BCUT2D eigenvalue weighted by atomic mass is 9.95. The quantitative estimate of drug-likeness (QED) is 0.775. The van der Waals surface area contributed by atoms with E-state index in [1.807, 2.05) is 0 Å². The molecule has 0 spiro atoms. The zero-order valence-electron chi connectivity index (χ0n) is 8.90. The van der Waals surface area contributed by atoms with Crippen LogP contribution in [0.2, 0.25) is 0 Å². The van der Waals surface area contributed by atoms with E-state index in [-0.39, 0.29) is 31.1 Å². The summed E-state index contributed by atoms with van der Waals surface area (Å²) in [4.78, 5) is 12.5. The predicted octanol–water partition coefficient (Wildman–Crippen LogP) is 1.51. The molecular weight excluding hydrogens is 218 g/mol. The average Bonchev–Trinajstić information content (AvgIpc) is 2.73. The normalized spacial score (nSPS) is 32.7. The molecule has 6 heteroatoms. The molecule has 16 heavy (non-hydrogen) atoms. The highest BCUT2D eigenvalue weighted by Crippen LogP contribution is 2.37. The van der Waals surface area contributed by atoms with Gasteiger partial charge in [-0.05, 0) is 19.3 Å². The molecule has 0 aromatic heterocycles. The molecule has 2 bridgehead atoms.